The minimum Gasteiger partial charge on any atom is -0.455 e. The van der Waals surface area contributed by atoms with Crippen molar-refractivity contribution in [2.24, 2.45) is 10.9 Å². The minimum absolute atomic E-state index is 0.111. The summed E-state index contributed by atoms with van der Waals surface area (Å²) in [5, 5.41) is 4.69. The van der Waals surface area contributed by atoms with Crippen LogP contribution < -0.4 is 0 Å². The van der Waals surface area contributed by atoms with Crippen LogP contribution in [0, 0.1) is 5.92 Å². The third kappa shape index (κ3) is 3.88. The van der Waals surface area contributed by atoms with Gasteiger partial charge < -0.3 is 4.42 Å². The molecule has 0 bridgehead atoms. The van der Waals surface area contributed by atoms with Crippen LogP contribution in [0.1, 0.15) is 41.0 Å². The Bertz CT molecular complexity index is 2550. The second kappa shape index (κ2) is 10.1. The SMILES string of the molecule is CC1c2ccccc2N=C(c2ccccc2-c2ccccc2)C1C1c2ccccc2-c2cc3c(cc21)oc1c2ccccc2ccc31. The van der Waals surface area contributed by atoms with Gasteiger partial charge in [0, 0.05) is 33.6 Å². The largest absolute Gasteiger partial charge is 0.455 e. The highest BCUT2D eigenvalue weighted by atomic mass is 16.3. The molecule has 7 aromatic carbocycles. The lowest BCUT2D eigenvalue weighted by Gasteiger charge is -2.37. The molecule has 0 N–H and O–H groups in total. The average molecular weight is 602 g/mol. The Morgan fingerprint density at radius 1 is 0.511 bits per heavy atom. The van der Waals surface area contributed by atoms with Gasteiger partial charge in [-0.2, -0.15) is 0 Å². The van der Waals surface area contributed by atoms with Crippen molar-refractivity contribution in [3.8, 4) is 22.3 Å². The summed E-state index contributed by atoms with van der Waals surface area (Å²) in [6, 6.07) is 54.9. The van der Waals surface area contributed by atoms with E-state index in [1.54, 1.807) is 0 Å². The molecule has 2 nitrogen and oxygen atoms in total. The maximum Gasteiger partial charge on any atom is 0.143 e. The van der Waals surface area contributed by atoms with E-state index in [1.807, 2.05) is 0 Å². The smallest absolute Gasteiger partial charge is 0.143 e. The topological polar surface area (TPSA) is 25.5 Å². The number of fused-ring (bicyclic) bond motifs is 9. The van der Waals surface area contributed by atoms with Crippen LogP contribution in [0.15, 0.2) is 161 Å². The van der Waals surface area contributed by atoms with E-state index in [0.717, 1.165) is 28.0 Å². The minimum atomic E-state index is 0.111. The molecule has 0 radical (unpaired) electrons. The molecule has 0 spiro atoms. The van der Waals surface area contributed by atoms with Crippen LogP contribution in [-0.2, 0) is 0 Å². The Balaban J connectivity index is 1.24. The zero-order chi connectivity index (χ0) is 31.1. The van der Waals surface area contributed by atoms with Gasteiger partial charge in [0.05, 0.1) is 11.4 Å². The molecule has 3 unspecified atom stereocenters. The third-order valence-electron chi connectivity index (χ3n) is 10.6. The molecule has 10 rings (SSSR count). The molecule has 1 aliphatic carbocycles. The summed E-state index contributed by atoms with van der Waals surface area (Å²) < 4.78 is 6.77. The molecule has 0 fully saturated rings. The molecule has 47 heavy (non-hydrogen) atoms. The molecule has 0 amide bonds. The Morgan fingerprint density at radius 2 is 1.21 bits per heavy atom. The lowest BCUT2D eigenvalue weighted by atomic mass is 9.68. The van der Waals surface area contributed by atoms with E-state index < -0.39 is 0 Å². The summed E-state index contributed by atoms with van der Waals surface area (Å²) in [6.07, 6.45) is 0. The lowest BCUT2D eigenvalue weighted by Crippen LogP contribution is -2.31. The Labute approximate surface area is 273 Å². The zero-order valence-electron chi connectivity index (χ0n) is 26.0. The summed E-state index contributed by atoms with van der Waals surface area (Å²) >= 11 is 0. The van der Waals surface area contributed by atoms with Gasteiger partial charge in [0.2, 0.25) is 0 Å². The molecule has 2 heterocycles. The van der Waals surface area contributed by atoms with Gasteiger partial charge in [-0.25, -0.2) is 0 Å². The van der Waals surface area contributed by atoms with Gasteiger partial charge in [-0.05, 0) is 74.5 Å². The average Bonchev–Trinajstić information content (AvgIpc) is 3.66. The van der Waals surface area contributed by atoms with E-state index in [9.17, 15) is 0 Å². The molecule has 222 valence electrons. The first kappa shape index (κ1) is 26.5. The van der Waals surface area contributed by atoms with Crippen LogP contribution in [-0.4, -0.2) is 5.71 Å². The molecular formula is C45H31NO. The number of furan rings is 1. The van der Waals surface area contributed by atoms with Crippen molar-refractivity contribution < 1.29 is 4.42 Å². The highest BCUT2D eigenvalue weighted by molar-refractivity contribution is 6.16. The second-order valence-corrected chi connectivity index (χ2v) is 13.0. The first-order valence-corrected chi connectivity index (χ1v) is 16.5. The number of nitrogens with zero attached hydrogens (tertiary/aromatic N) is 1. The summed E-state index contributed by atoms with van der Waals surface area (Å²) in [4.78, 5) is 5.55. The first-order valence-electron chi connectivity index (χ1n) is 16.5. The van der Waals surface area contributed by atoms with Gasteiger partial charge in [-0.3, -0.25) is 4.99 Å². The molecule has 1 aromatic heterocycles. The molecule has 3 atom stereocenters. The van der Waals surface area contributed by atoms with Crippen LogP contribution in [0.2, 0.25) is 0 Å². The van der Waals surface area contributed by atoms with Gasteiger partial charge in [0.15, 0.2) is 0 Å². The van der Waals surface area contributed by atoms with Crippen LogP contribution in [0.5, 0.6) is 0 Å². The van der Waals surface area contributed by atoms with Gasteiger partial charge >= 0.3 is 0 Å². The van der Waals surface area contributed by atoms with E-state index in [-0.39, 0.29) is 17.8 Å². The van der Waals surface area contributed by atoms with Crippen LogP contribution in [0.25, 0.3) is 55.0 Å². The number of para-hydroxylation sites is 1. The fraction of sp³-hybridized carbons (Fsp3) is 0.0889. The van der Waals surface area contributed by atoms with E-state index in [2.05, 4.69) is 159 Å². The lowest BCUT2D eigenvalue weighted by molar-refractivity contribution is 0.515. The van der Waals surface area contributed by atoms with E-state index in [4.69, 9.17) is 9.41 Å². The first-order chi connectivity index (χ1) is 23.2. The fourth-order valence-corrected chi connectivity index (χ4v) is 8.50. The van der Waals surface area contributed by atoms with Gasteiger partial charge in [0.25, 0.3) is 0 Å². The highest BCUT2D eigenvalue weighted by Crippen LogP contribution is 2.56. The number of hydrogen-bond donors (Lipinski definition) is 0. The zero-order valence-corrected chi connectivity index (χ0v) is 26.0. The second-order valence-electron chi connectivity index (χ2n) is 13.0. The van der Waals surface area contributed by atoms with Crippen molar-refractivity contribution >= 4 is 44.1 Å². The normalized spacial score (nSPS) is 18.2. The summed E-state index contributed by atoms with van der Waals surface area (Å²) in [5.41, 5.74) is 14.4. The van der Waals surface area contributed by atoms with Crippen molar-refractivity contribution in [2.75, 3.05) is 0 Å². The van der Waals surface area contributed by atoms with E-state index >= 15 is 0 Å². The van der Waals surface area contributed by atoms with Gasteiger partial charge in [-0.1, -0.05) is 134 Å². The Kier molecular flexibility index (Phi) is 5.71. The van der Waals surface area contributed by atoms with Crippen molar-refractivity contribution in [3.63, 3.8) is 0 Å². The fourth-order valence-electron chi connectivity index (χ4n) is 8.50. The molecule has 1 aliphatic heterocycles. The molecule has 2 aliphatic rings. The van der Waals surface area contributed by atoms with Crippen LogP contribution in [0.4, 0.5) is 5.69 Å². The number of rotatable bonds is 3. The molecule has 0 saturated carbocycles. The predicted octanol–water partition coefficient (Wildman–Crippen LogP) is 12.1. The summed E-state index contributed by atoms with van der Waals surface area (Å²) in [7, 11) is 0. The van der Waals surface area contributed by atoms with Gasteiger partial charge in [0.1, 0.15) is 11.2 Å². The standard InChI is InChI=1S/C45H31NO/c1-27-30-16-11-12-22-40(30)46-44(35-21-10-7-17-31(35)28-13-3-2-4-14-28)42(27)43-34-20-9-8-19-33(34)37-25-38-36-24-23-29-15-5-6-18-32(29)45(36)47-41(38)26-39(37)43/h2-27,42-43H,1H3. The molecule has 8 aromatic rings. The van der Waals surface area contributed by atoms with Crippen molar-refractivity contribution in [2.45, 2.75) is 18.8 Å². The third-order valence-corrected chi connectivity index (χ3v) is 10.6. The van der Waals surface area contributed by atoms with E-state index in [1.165, 1.54) is 60.7 Å². The maximum absolute atomic E-state index is 6.77. The molecule has 0 saturated heterocycles. The Morgan fingerprint density at radius 3 is 2.09 bits per heavy atom. The van der Waals surface area contributed by atoms with Crippen molar-refractivity contribution in [1.82, 2.24) is 0 Å². The number of hydrogen-bond acceptors (Lipinski definition) is 2. The Hall–Kier alpha value is -5.73. The number of aliphatic imine (C=N–C) groups is 1. The van der Waals surface area contributed by atoms with Gasteiger partial charge in [-0.15, -0.1) is 0 Å². The number of benzene rings is 7. The summed E-state index contributed by atoms with van der Waals surface area (Å²) in [5.74, 6) is 0.461. The predicted molar refractivity (Wildman–Crippen MR) is 195 cm³/mol. The van der Waals surface area contributed by atoms with Crippen molar-refractivity contribution in [1.29, 1.82) is 0 Å². The summed E-state index contributed by atoms with van der Waals surface area (Å²) in [6.45, 7) is 2.40. The monoisotopic (exact) mass is 601 g/mol. The molecular weight excluding hydrogens is 571 g/mol. The molecule has 2 heteroatoms. The maximum atomic E-state index is 6.77. The highest BCUT2D eigenvalue weighted by Gasteiger charge is 2.43. The quantitative estimate of drug-likeness (QED) is 0.198. The van der Waals surface area contributed by atoms with Crippen LogP contribution in [0.3, 0.4) is 0 Å². The van der Waals surface area contributed by atoms with Crippen LogP contribution >= 0.6 is 0 Å². The van der Waals surface area contributed by atoms with Crippen molar-refractivity contribution in [3.05, 3.63) is 174 Å². The van der Waals surface area contributed by atoms with E-state index in [0.29, 0.717) is 0 Å².